The molecule has 0 saturated heterocycles. The summed E-state index contributed by atoms with van der Waals surface area (Å²) in [4.78, 5) is 13.4. The predicted octanol–water partition coefficient (Wildman–Crippen LogP) is 5.37. The lowest BCUT2D eigenvalue weighted by Crippen LogP contribution is -2.15. The number of aromatic nitrogens is 3. The molecule has 1 N–H and O–H groups in total. The molecule has 26 heavy (non-hydrogen) atoms. The Labute approximate surface area is 169 Å². The molecule has 3 aromatic rings. The lowest BCUT2D eigenvalue weighted by molar-refractivity contribution is -0.113. The topological polar surface area (TPSA) is 59.8 Å². The first kappa shape index (κ1) is 19.2. The Kier molecular flexibility index (Phi) is 6.24. The van der Waals surface area contributed by atoms with Crippen LogP contribution in [0.15, 0.2) is 34.8 Å². The van der Waals surface area contributed by atoms with E-state index >= 15 is 0 Å². The van der Waals surface area contributed by atoms with Crippen molar-refractivity contribution in [3.63, 3.8) is 0 Å². The smallest absolute Gasteiger partial charge is 0.234 e. The van der Waals surface area contributed by atoms with Crippen LogP contribution in [0.1, 0.15) is 11.8 Å². The van der Waals surface area contributed by atoms with Crippen molar-refractivity contribution in [3.05, 3.63) is 44.6 Å². The largest absolute Gasteiger partial charge is 0.324 e. The van der Waals surface area contributed by atoms with Gasteiger partial charge in [-0.05, 0) is 38.1 Å². The molecule has 3 rings (SSSR count). The third-order valence-corrected chi connectivity index (χ3v) is 5.94. The Morgan fingerprint density at radius 3 is 2.77 bits per heavy atom. The second kappa shape index (κ2) is 8.43. The molecule has 0 atom stereocenters. The van der Waals surface area contributed by atoms with Crippen LogP contribution in [0.3, 0.4) is 0 Å². The van der Waals surface area contributed by atoms with Crippen LogP contribution in [0.4, 0.5) is 5.69 Å². The summed E-state index contributed by atoms with van der Waals surface area (Å²) in [7, 11) is 0. The van der Waals surface area contributed by atoms with E-state index in [2.05, 4.69) is 33.9 Å². The summed E-state index contributed by atoms with van der Waals surface area (Å²) in [6, 6.07) is 7.04. The number of carbonyl (C=O) groups is 1. The van der Waals surface area contributed by atoms with E-state index in [4.69, 9.17) is 23.2 Å². The number of amides is 1. The molecule has 0 bridgehead atoms. The molecule has 0 aliphatic rings. The fraction of sp³-hybridized carbons (Fsp3) is 0.235. The van der Waals surface area contributed by atoms with Gasteiger partial charge in [0.25, 0.3) is 0 Å². The van der Waals surface area contributed by atoms with Gasteiger partial charge in [-0.2, -0.15) is 0 Å². The van der Waals surface area contributed by atoms with Crippen LogP contribution in [0, 0.1) is 6.92 Å². The van der Waals surface area contributed by atoms with E-state index in [0.717, 1.165) is 17.9 Å². The van der Waals surface area contributed by atoms with Gasteiger partial charge in [0, 0.05) is 27.4 Å². The SMILES string of the molecule is CCn1c(SCC(=O)Nc2ccc(Cl)cc2Cl)nnc1-c1csc(C)c1. The molecule has 0 aliphatic heterocycles. The van der Waals surface area contributed by atoms with Crippen molar-refractivity contribution in [2.75, 3.05) is 11.1 Å². The number of benzene rings is 1. The Hall–Kier alpha value is -1.54. The predicted molar refractivity (Wildman–Crippen MR) is 110 cm³/mol. The third kappa shape index (κ3) is 4.40. The highest BCUT2D eigenvalue weighted by molar-refractivity contribution is 7.99. The van der Waals surface area contributed by atoms with Gasteiger partial charge in [0.1, 0.15) is 0 Å². The third-order valence-electron chi connectivity index (χ3n) is 3.56. The van der Waals surface area contributed by atoms with Gasteiger partial charge >= 0.3 is 0 Å². The second-order valence-electron chi connectivity index (χ2n) is 5.46. The molecule has 0 unspecified atom stereocenters. The van der Waals surface area contributed by atoms with Crippen LogP contribution in [-0.4, -0.2) is 26.4 Å². The number of hydrogen-bond donors (Lipinski definition) is 1. The molecule has 2 aromatic heterocycles. The van der Waals surface area contributed by atoms with Crippen LogP contribution in [0.25, 0.3) is 11.4 Å². The maximum absolute atomic E-state index is 12.2. The zero-order chi connectivity index (χ0) is 18.7. The standard InChI is InChI=1S/C17H16Cl2N4OS2/c1-3-23-16(11-6-10(2)25-8-11)21-22-17(23)26-9-15(24)20-14-5-4-12(18)7-13(14)19/h4-8H,3,9H2,1-2H3,(H,20,24). The first-order chi connectivity index (χ1) is 12.5. The van der Waals surface area contributed by atoms with E-state index in [9.17, 15) is 4.79 Å². The summed E-state index contributed by atoms with van der Waals surface area (Å²) in [5.41, 5.74) is 1.58. The Balaban J connectivity index is 1.67. The lowest BCUT2D eigenvalue weighted by Gasteiger charge is -2.08. The van der Waals surface area contributed by atoms with E-state index in [-0.39, 0.29) is 11.7 Å². The van der Waals surface area contributed by atoms with Gasteiger partial charge in [0.2, 0.25) is 5.91 Å². The monoisotopic (exact) mass is 426 g/mol. The fourth-order valence-electron chi connectivity index (χ4n) is 2.36. The number of thiophene rings is 1. The zero-order valence-electron chi connectivity index (χ0n) is 14.1. The van der Waals surface area contributed by atoms with Gasteiger partial charge in [-0.25, -0.2) is 0 Å². The fourth-order valence-corrected chi connectivity index (χ4v) is 4.30. The van der Waals surface area contributed by atoms with Crippen LogP contribution >= 0.6 is 46.3 Å². The number of carbonyl (C=O) groups excluding carboxylic acids is 1. The zero-order valence-corrected chi connectivity index (χ0v) is 17.3. The molecule has 1 aromatic carbocycles. The summed E-state index contributed by atoms with van der Waals surface area (Å²) in [5.74, 6) is 0.859. The van der Waals surface area contributed by atoms with Gasteiger partial charge in [0.05, 0.1) is 16.5 Å². The van der Waals surface area contributed by atoms with E-state index in [1.54, 1.807) is 29.5 Å². The van der Waals surface area contributed by atoms with Crippen LogP contribution in [0.2, 0.25) is 10.0 Å². The molecule has 0 spiro atoms. The van der Waals surface area contributed by atoms with Gasteiger partial charge in [-0.15, -0.1) is 21.5 Å². The molecule has 9 heteroatoms. The first-order valence-corrected chi connectivity index (χ1v) is 10.5. The lowest BCUT2D eigenvalue weighted by atomic mass is 10.3. The van der Waals surface area contributed by atoms with Crippen molar-refractivity contribution >= 4 is 57.9 Å². The van der Waals surface area contributed by atoms with E-state index in [1.165, 1.54) is 16.6 Å². The number of aryl methyl sites for hydroxylation is 1. The summed E-state index contributed by atoms with van der Waals surface area (Å²) in [6.07, 6.45) is 0. The van der Waals surface area contributed by atoms with Crippen molar-refractivity contribution in [2.24, 2.45) is 0 Å². The molecular formula is C17H16Cl2N4OS2. The number of nitrogens with one attached hydrogen (secondary N) is 1. The number of thioether (sulfide) groups is 1. The number of nitrogens with zero attached hydrogens (tertiary/aromatic N) is 3. The summed E-state index contributed by atoms with van der Waals surface area (Å²) >= 11 is 15.0. The minimum Gasteiger partial charge on any atom is -0.324 e. The number of hydrogen-bond acceptors (Lipinski definition) is 5. The van der Waals surface area contributed by atoms with Gasteiger partial charge in [0.15, 0.2) is 11.0 Å². The van der Waals surface area contributed by atoms with Crippen molar-refractivity contribution in [3.8, 4) is 11.4 Å². The molecule has 136 valence electrons. The Morgan fingerprint density at radius 2 is 2.12 bits per heavy atom. The summed E-state index contributed by atoms with van der Waals surface area (Å²) in [5, 5.41) is 15.0. The first-order valence-electron chi connectivity index (χ1n) is 7.84. The minimum absolute atomic E-state index is 0.169. The summed E-state index contributed by atoms with van der Waals surface area (Å²) in [6.45, 7) is 4.82. The molecule has 0 fully saturated rings. The molecular weight excluding hydrogens is 411 g/mol. The van der Waals surface area contributed by atoms with Crippen LogP contribution in [0.5, 0.6) is 0 Å². The van der Waals surface area contributed by atoms with Gasteiger partial charge in [-0.1, -0.05) is 35.0 Å². The van der Waals surface area contributed by atoms with Crippen molar-refractivity contribution < 1.29 is 4.79 Å². The molecule has 5 nitrogen and oxygen atoms in total. The highest BCUT2D eigenvalue weighted by atomic mass is 35.5. The average Bonchev–Trinajstić information content (AvgIpc) is 3.21. The molecule has 0 saturated carbocycles. The quantitative estimate of drug-likeness (QED) is 0.537. The van der Waals surface area contributed by atoms with Crippen molar-refractivity contribution in [1.82, 2.24) is 14.8 Å². The van der Waals surface area contributed by atoms with Crippen molar-refractivity contribution in [1.29, 1.82) is 0 Å². The highest BCUT2D eigenvalue weighted by Crippen LogP contribution is 2.28. The van der Waals surface area contributed by atoms with E-state index in [0.29, 0.717) is 20.9 Å². The minimum atomic E-state index is -0.169. The molecule has 0 radical (unpaired) electrons. The highest BCUT2D eigenvalue weighted by Gasteiger charge is 2.16. The molecule has 1 amide bonds. The van der Waals surface area contributed by atoms with Gasteiger partial charge < -0.3 is 9.88 Å². The van der Waals surface area contributed by atoms with Crippen LogP contribution in [-0.2, 0) is 11.3 Å². The van der Waals surface area contributed by atoms with Gasteiger partial charge in [-0.3, -0.25) is 4.79 Å². The van der Waals surface area contributed by atoms with Crippen molar-refractivity contribution in [2.45, 2.75) is 25.5 Å². The number of rotatable bonds is 6. The molecule has 2 heterocycles. The maximum Gasteiger partial charge on any atom is 0.234 e. The number of halogens is 2. The summed E-state index contributed by atoms with van der Waals surface area (Å²) < 4.78 is 2.01. The Morgan fingerprint density at radius 1 is 1.31 bits per heavy atom. The number of anilines is 1. The maximum atomic E-state index is 12.2. The normalized spacial score (nSPS) is 10.9. The van der Waals surface area contributed by atoms with Crippen LogP contribution < -0.4 is 5.32 Å². The second-order valence-corrected chi connectivity index (χ2v) is 8.36. The van der Waals surface area contributed by atoms with E-state index in [1.807, 2.05) is 11.5 Å². The van der Waals surface area contributed by atoms with E-state index < -0.39 is 0 Å². The average molecular weight is 427 g/mol. The Bertz CT molecular complexity index is 939. The molecule has 0 aliphatic carbocycles.